The monoisotopic (exact) mass is 375 g/mol. The maximum absolute atomic E-state index is 6.29. The molecule has 1 heterocycles. The maximum Gasteiger partial charge on any atom is 0.136 e. The van der Waals surface area contributed by atoms with Gasteiger partial charge in [0.25, 0.3) is 0 Å². The number of hydrogen-bond acceptors (Lipinski definition) is 2. The topological polar surface area (TPSA) is 16.4 Å². The molecule has 0 spiro atoms. The van der Waals surface area contributed by atoms with Gasteiger partial charge in [-0.05, 0) is 53.4 Å². The quantitative estimate of drug-likeness (QED) is 0.362. The van der Waals surface area contributed by atoms with Crippen molar-refractivity contribution in [3.05, 3.63) is 89.6 Å². The van der Waals surface area contributed by atoms with Crippen LogP contribution in [0.5, 0.6) is 0 Å². The van der Waals surface area contributed by atoms with Crippen molar-refractivity contribution in [2.24, 2.45) is 0 Å². The fourth-order valence-corrected chi connectivity index (χ4v) is 3.47. The minimum atomic E-state index is 0.113. The highest BCUT2D eigenvalue weighted by molar-refractivity contribution is 6.30. The Morgan fingerprint density at radius 1 is 0.815 bits per heavy atom. The number of anilines is 3. The first-order chi connectivity index (χ1) is 12.9. The summed E-state index contributed by atoms with van der Waals surface area (Å²) in [4.78, 5) is 2.18. The average molecular weight is 376 g/mol. The van der Waals surface area contributed by atoms with Gasteiger partial charge in [-0.25, -0.2) is 0 Å². The van der Waals surface area contributed by atoms with Crippen molar-refractivity contribution in [3.63, 3.8) is 0 Å². The summed E-state index contributed by atoms with van der Waals surface area (Å²) in [6.45, 7) is 6.67. The normalized spacial score (nSPS) is 11.7. The molecule has 0 saturated heterocycles. The molecule has 136 valence electrons. The van der Waals surface area contributed by atoms with Crippen LogP contribution >= 0.6 is 11.6 Å². The Morgan fingerprint density at radius 2 is 1.56 bits per heavy atom. The van der Waals surface area contributed by atoms with Crippen LogP contribution in [0.25, 0.3) is 11.0 Å². The Morgan fingerprint density at radius 3 is 2.26 bits per heavy atom. The van der Waals surface area contributed by atoms with Crippen LogP contribution in [0.15, 0.2) is 83.5 Å². The summed E-state index contributed by atoms with van der Waals surface area (Å²) in [5.74, 6) is 0. The summed E-state index contributed by atoms with van der Waals surface area (Å²) in [6, 6.07) is 24.7. The lowest BCUT2D eigenvalue weighted by atomic mass is 9.87. The van der Waals surface area contributed by atoms with Crippen molar-refractivity contribution < 1.29 is 4.42 Å². The molecule has 4 rings (SSSR count). The summed E-state index contributed by atoms with van der Waals surface area (Å²) < 4.78 is 5.81. The molecule has 2 nitrogen and oxygen atoms in total. The summed E-state index contributed by atoms with van der Waals surface area (Å²) in [6.07, 6.45) is 1.81. The van der Waals surface area contributed by atoms with E-state index in [2.05, 4.69) is 62.1 Å². The molecule has 4 aromatic rings. The molecule has 0 saturated carbocycles. The Hall–Kier alpha value is -2.71. The minimum Gasteiger partial charge on any atom is -0.462 e. The predicted molar refractivity (Wildman–Crippen MR) is 115 cm³/mol. The summed E-state index contributed by atoms with van der Waals surface area (Å²) in [5.41, 5.74) is 5.34. The van der Waals surface area contributed by atoms with E-state index in [4.69, 9.17) is 16.0 Å². The first-order valence-corrected chi connectivity index (χ1v) is 9.44. The highest BCUT2D eigenvalue weighted by atomic mass is 35.5. The smallest absolute Gasteiger partial charge is 0.136 e. The van der Waals surface area contributed by atoms with Gasteiger partial charge in [0.2, 0.25) is 0 Å². The Bertz CT molecular complexity index is 1070. The van der Waals surface area contributed by atoms with Crippen molar-refractivity contribution in [3.8, 4) is 0 Å². The van der Waals surface area contributed by atoms with Crippen LogP contribution < -0.4 is 4.90 Å². The van der Waals surface area contributed by atoms with E-state index >= 15 is 0 Å². The first-order valence-electron chi connectivity index (χ1n) is 9.06. The number of furan rings is 1. The number of para-hydroxylation sites is 1. The third-order valence-electron chi connectivity index (χ3n) is 4.76. The summed E-state index contributed by atoms with van der Waals surface area (Å²) >= 11 is 6.29. The number of halogens is 1. The average Bonchev–Trinajstić information content (AvgIpc) is 3.06. The van der Waals surface area contributed by atoms with Gasteiger partial charge in [0, 0.05) is 21.8 Å². The van der Waals surface area contributed by atoms with Gasteiger partial charge in [-0.3, -0.25) is 0 Å². The molecule has 0 bridgehead atoms. The van der Waals surface area contributed by atoms with Gasteiger partial charge in [-0.2, -0.15) is 0 Å². The second-order valence-corrected chi connectivity index (χ2v) is 8.17. The molecule has 0 aliphatic heterocycles. The zero-order chi connectivity index (χ0) is 19.0. The first kappa shape index (κ1) is 17.7. The lowest BCUT2D eigenvalue weighted by molar-refractivity contribution is 0.590. The third kappa shape index (κ3) is 3.45. The van der Waals surface area contributed by atoms with Crippen molar-refractivity contribution in [1.82, 2.24) is 0 Å². The Balaban J connectivity index is 1.89. The van der Waals surface area contributed by atoms with Gasteiger partial charge >= 0.3 is 0 Å². The van der Waals surface area contributed by atoms with Gasteiger partial charge < -0.3 is 9.32 Å². The summed E-state index contributed by atoms with van der Waals surface area (Å²) in [5, 5.41) is 1.77. The Labute approximate surface area is 165 Å². The van der Waals surface area contributed by atoms with E-state index in [9.17, 15) is 0 Å². The number of hydrogen-bond donors (Lipinski definition) is 0. The fourth-order valence-electron chi connectivity index (χ4n) is 3.29. The second-order valence-electron chi connectivity index (χ2n) is 7.73. The van der Waals surface area contributed by atoms with Crippen LogP contribution in [0, 0.1) is 0 Å². The van der Waals surface area contributed by atoms with E-state index in [1.165, 1.54) is 5.56 Å². The molecule has 3 heteroatoms. The van der Waals surface area contributed by atoms with Crippen LogP contribution in [0.4, 0.5) is 17.1 Å². The molecule has 0 atom stereocenters. The van der Waals surface area contributed by atoms with E-state index < -0.39 is 0 Å². The van der Waals surface area contributed by atoms with Gasteiger partial charge in [0.1, 0.15) is 11.8 Å². The van der Waals surface area contributed by atoms with Crippen molar-refractivity contribution in [2.75, 3.05) is 4.90 Å². The predicted octanol–water partition coefficient (Wildman–Crippen LogP) is 7.85. The van der Waals surface area contributed by atoms with E-state index in [1.807, 2.05) is 42.7 Å². The molecular weight excluding hydrogens is 354 g/mol. The Kier molecular flexibility index (Phi) is 4.45. The number of benzene rings is 3. The van der Waals surface area contributed by atoms with Gasteiger partial charge in [-0.15, -0.1) is 0 Å². The van der Waals surface area contributed by atoms with Gasteiger partial charge in [0.15, 0.2) is 0 Å². The molecule has 3 aromatic carbocycles. The third-order valence-corrected chi connectivity index (χ3v) is 4.99. The molecule has 27 heavy (non-hydrogen) atoms. The number of fused-ring (bicyclic) bond motifs is 1. The van der Waals surface area contributed by atoms with E-state index in [-0.39, 0.29) is 5.41 Å². The molecular formula is C24H22ClNO. The number of rotatable bonds is 3. The van der Waals surface area contributed by atoms with E-state index in [0.29, 0.717) is 5.02 Å². The lowest BCUT2D eigenvalue weighted by Gasteiger charge is -2.26. The number of nitrogens with zero attached hydrogens (tertiary/aromatic N) is 1. The van der Waals surface area contributed by atoms with Crippen LogP contribution in [0.1, 0.15) is 26.3 Å². The zero-order valence-electron chi connectivity index (χ0n) is 15.7. The molecule has 0 unspecified atom stereocenters. The van der Waals surface area contributed by atoms with Crippen molar-refractivity contribution in [2.45, 2.75) is 26.2 Å². The van der Waals surface area contributed by atoms with E-state index in [0.717, 1.165) is 28.0 Å². The molecule has 0 amide bonds. The van der Waals surface area contributed by atoms with Crippen LogP contribution in [-0.4, -0.2) is 0 Å². The molecule has 0 radical (unpaired) electrons. The standard InChI is InChI=1S/C24H22ClNO/c1-24(2,3)17-11-13-19(14-12-17)26(20-8-6-7-18(25)15-20)22-16-27-23-10-5-4-9-21(22)23/h4-16H,1-3H3. The molecule has 0 fully saturated rings. The van der Waals surface area contributed by atoms with Gasteiger partial charge in [-0.1, -0.05) is 62.7 Å². The molecule has 1 aromatic heterocycles. The van der Waals surface area contributed by atoms with Crippen molar-refractivity contribution in [1.29, 1.82) is 0 Å². The highest BCUT2D eigenvalue weighted by Crippen LogP contribution is 2.41. The fraction of sp³-hybridized carbons (Fsp3) is 0.167. The minimum absolute atomic E-state index is 0.113. The lowest BCUT2D eigenvalue weighted by Crippen LogP contribution is -2.13. The van der Waals surface area contributed by atoms with Crippen LogP contribution in [-0.2, 0) is 5.41 Å². The zero-order valence-corrected chi connectivity index (χ0v) is 16.5. The van der Waals surface area contributed by atoms with Crippen LogP contribution in [0.2, 0.25) is 5.02 Å². The SMILES string of the molecule is CC(C)(C)c1ccc(N(c2cccc(Cl)c2)c2coc3ccccc23)cc1. The highest BCUT2D eigenvalue weighted by Gasteiger charge is 2.19. The summed E-state index contributed by atoms with van der Waals surface area (Å²) in [7, 11) is 0. The second kappa shape index (κ2) is 6.79. The largest absolute Gasteiger partial charge is 0.462 e. The van der Waals surface area contributed by atoms with E-state index in [1.54, 1.807) is 0 Å². The molecule has 0 N–H and O–H groups in total. The molecule has 0 aliphatic carbocycles. The van der Waals surface area contributed by atoms with Gasteiger partial charge in [0.05, 0.1) is 5.69 Å². The van der Waals surface area contributed by atoms with Crippen LogP contribution in [0.3, 0.4) is 0 Å². The maximum atomic E-state index is 6.29. The molecule has 0 aliphatic rings. The van der Waals surface area contributed by atoms with Crippen molar-refractivity contribution >= 4 is 39.6 Å².